The second kappa shape index (κ2) is 10.5. The lowest BCUT2D eigenvalue weighted by molar-refractivity contribution is 0.344. The first-order chi connectivity index (χ1) is 14.1. The van der Waals surface area contributed by atoms with Crippen molar-refractivity contribution >= 4 is 39.1 Å². The predicted molar refractivity (Wildman–Crippen MR) is 116 cm³/mol. The average Bonchev–Trinajstić information content (AvgIpc) is 3.18. The van der Waals surface area contributed by atoms with Crippen LogP contribution in [0.15, 0.2) is 59.0 Å². The second-order valence-corrected chi connectivity index (χ2v) is 9.23. The Hall–Kier alpha value is -2.23. The zero-order valence-electron chi connectivity index (χ0n) is 15.5. The fraction of sp³-hybridized carbons (Fsp3) is 0.263. The van der Waals surface area contributed by atoms with E-state index in [4.69, 9.17) is 20.8 Å². The van der Waals surface area contributed by atoms with Crippen LogP contribution in [0, 0.1) is 0 Å². The minimum Gasteiger partial charge on any atom is -0.493 e. The number of nitrogens with zero attached hydrogens (tertiary/aromatic N) is 2. The van der Waals surface area contributed by atoms with E-state index in [1.807, 2.05) is 30.3 Å². The molecule has 0 aliphatic carbocycles. The smallest absolute Gasteiger partial charge is 0.247 e. The number of halogens is 1. The monoisotopic (exact) mass is 453 g/mol. The highest BCUT2D eigenvalue weighted by Gasteiger charge is 2.11. The number of ether oxygens (including phenoxy) is 1. The molecule has 7 nitrogen and oxygen atoms in total. The van der Waals surface area contributed by atoms with Gasteiger partial charge in [-0.25, -0.2) is 8.42 Å². The van der Waals surface area contributed by atoms with Crippen LogP contribution in [0.25, 0.3) is 11.5 Å². The van der Waals surface area contributed by atoms with Crippen molar-refractivity contribution in [3.8, 4) is 17.2 Å². The zero-order valence-corrected chi connectivity index (χ0v) is 17.8. The highest BCUT2D eigenvalue weighted by molar-refractivity contribution is 7.98. The summed E-state index contributed by atoms with van der Waals surface area (Å²) in [7, 11) is -3.44. The van der Waals surface area contributed by atoms with Crippen molar-refractivity contribution in [1.82, 2.24) is 10.2 Å². The Morgan fingerprint density at radius 2 is 1.83 bits per heavy atom. The molecule has 2 aromatic carbocycles. The molecule has 29 heavy (non-hydrogen) atoms. The molecule has 1 aromatic heterocycles. The molecule has 0 saturated heterocycles. The lowest BCUT2D eigenvalue weighted by Crippen LogP contribution is -2.17. The van der Waals surface area contributed by atoms with Crippen molar-refractivity contribution in [3.63, 3.8) is 0 Å². The Bertz CT molecular complexity index is 996. The maximum absolute atomic E-state index is 11.7. The highest BCUT2D eigenvalue weighted by Crippen LogP contribution is 2.22. The summed E-state index contributed by atoms with van der Waals surface area (Å²) in [6.07, 6.45) is 0. The maximum atomic E-state index is 11.7. The van der Waals surface area contributed by atoms with Crippen LogP contribution < -0.4 is 9.46 Å². The highest BCUT2D eigenvalue weighted by atomic mass is 35.5. The standard InChI is InChI=1S/C19H20ClN3O4S2/c20-10-13-29(24,25)23-16-8-6-15(7-9-16)19-22-21-18(27-19)14-28-12-11-26-17-4-2-1-3-5-17/h1-9,23H,10-14H2. The maximum Gasteiger partial charge on any atom is 0.247 e. The topological polar surface area (TPSA) is 94.3 Å². The molecule has 0 aliphatic heterocycles. The van der Waals surface area contributed by atoms with Crippen molar-refractivity contribution in [3.05, 3.63) is 60.5 Å². The number of anilines is 1. The van der Waals surface area contributed by atoms with Crippen molar-refractivity contribution in [2.75, 3.05) is 28.7 Å². The van der Waals surface area contributed by atoms with Crippen LogP contribution in [-0.4, -0.2) is 42.6 Å². The van der Waals surface area contributed by atoms with Gasteiger partial charge in [0.15, 0.2) is 0 Å². The molecule has 0 fully saturated rings. The van der Waals surface area contributed by atoms with Gasteiger partial charge in [-0.15, -0.1) is 33.6 Å². The summed E-state index contributed by atoms with van der Waals surface area (Å²) in [5.74, 6) is 3.03. The summed E-state index contributed by atoms with van der Waals surface area (Å²) >= 11 is 7.12. The van der Waals surface area contributed by atoms with Gasteiger partial charge in [0, 0.05) is 22.9 Å². The number of alkyl halides is 1. The van der Waals surface area contributed by atoms with E-state index in [0.717, 1.165) is 11.5 Å². The third-order valence-corrected chi connectivity index (χ3v) is 6.29. The molecule has 3 rings (SSSR count). The summed E-state index contributed by atoms with van der Waals surface area (Å²) < 4.78 is 37.2. The summed E-state index contributed by atoms with van der Waals surface area (Å²) in [5.41, 5.74) is 1.16. The largest absolute Gasteiger partial charge is 0.493 e. The summed E-state index contributed by atoms with van der Waals surface area (Å²) in [5, 5.41) is 8.10. The number of rotatable bonds is 11. The Kier molecular flexibility index (Phi) is 7.79. The van der Waals surface area contributed by atoms with Crippen molar-refractivity contribution in [2.45, 2.75) is 5.75 Å². The van der Waals surface area contributed by atoms with E-state index in [1.54, 1.807) is 36.0 Å². The molecular formula is C19H20ClN3O4S2. The van der Waals surface area contributed by atoms with E-state index in [2.05, 4.69) is 14.9 Å². The molecular weight excluding hydrogens is 434 g/mol. The summed E-state index contributed by atoms with van der Waals surface area (Å²) in [6.45, 7) is 0.594. The Morgan fingerprint density at radius 1 is 1.07 bits per heavy atom. The van der Waals surface area contributed by atoms with Crippen LogP contribution in [-0.2, 0) is 15.8 Å². The molecule has 3 aromatic rings. The number of hydrogen-bond acceptors (Lipinski definition) is 7. The van der Waals surface area contributed by atoms with E-state index >= 15 is 0 Å². The van der Waals surface area contributed by atoms with Crippen molar-refractivity contribution in [2.24, 2.45) is 0 Å². The van der Waals surface area contributed by atoms with E-state index in [9.17, 15) is 8.42 Å². The molecule has 0 unspecified atom stereocenters. The van der Waals surface area contributed by atoms with Gasteiger partial charge in [0.25, 0.3) is 0 Å². The SMILES string of the molecule is O=S(=O)(CCCl)Nc1ccc(-c2nnc(CSCCOc3ccccc3)o2)cc1. The molecule has 0 amide bonds. The predicted octanol–water partition coefficient (Wildman–Crippen LogP) is 4.03. The van der Waals surface area contributed by atoms with Gasteiger partial charge in [0.2, 0.25) is 21.8 Å². The van der Waals surface area contributed by atoms with Crippen LogP contribution in [0.4, 0.5) is 5.69 Å². The lowest BCUT2D eigenvalue weighted by atomic mass is 10.2. The molecule has 154 valence electrons. The Labute approximate surface area is 178 Å². The molecule has 0 bridgehead atoms. The number of benzene rings is 2. The average molecular weight is 454 g/mol. The first-order valence-corrected chi connectivity index (χ1v) is 12.1. The molecule has 1 N–H and O–H groups in total. The third kappa shape index (κ3) is 6.95. The van der Waals surface area contributed by atoms with Crippen LogP contribution in [0.1, 0.15) is 5.89 Å². The summed E-state index contributed by atoms with van der Waals surface area (Å²) in [4.78, 5) is 0. The van der Waals surface area contributed by atoms with Gasteiger partial charge in [0.05, 0.1) is 18.1 Å². The number of para-hydroxylation sites is 1. The quantitative estimate of drug-likeness (QED) is 0.346. The normalized spacial score (nSPS) is 11.3. The molecule has 1 heterocycles. The van der Waals surface area contributed by atoms with Crippen molar-refractivity contribution in [1.29, 1.82) is 0 Å². The number of thioether (sulfide) groups is 1. The van der Waals surface area contributed by atoms with Crippen molar-refractivity contribution < 1.29 is 17.6 Å². The van der Waals surface area contributed by atoms with Gasteiger partial charge in [-0.2, -0.15) is 0 Å². The molecule has 0 saturated carbocycles. The fourth-order valence-corrected chi connectivity index (χ4v) is 4.38. The molecule has 10 heteroatoms. The van der Waals surface area contributed by atoms with Crippen LogP contribution in [0.2, 0.25) is 0 Å². The van der Waals surface area contributed by atoms with E-state index in [1.165, 1.54) is 0 Å². The van der Waals surface area contributed by atoms with Crippen LogP contribution >= 0.6 is 23.4 Å². The number of nitrogens with one attached hydrogen (secondary N) is 1. The fourth-order valence-electron chi connectivity index (χ4n) is 2.34. The minimum atomic E-state index is -3.44. The van der Waals surface area contributed by atoms with E-state index in [0.29, 0.717) is 35.4 Å². The molecule has 0 atom stereocenters. The van der Waals surface area contributed by atoms with Crippen LogP contribution in [0.3, 0.4) is 0 Å². The molecule has 0 radical (unpaired) electrons. The number of hydrogen-bond donors (Lipinski definition) is 1. The summed E-state index contributed by atoms with van der Waals surface area (Å²) in [6, 6.07) is 16.4. The van der Waals surface area contributed by atoms with E-state index < -0.39 is 10.0 Å². The lowest BCUT2D eigenvalue weighted by Gasteiger charge is -2.06. The van der Waals surface area contributed by atoms with Crippen LogP contribution in [0.5, 0.6) is 5.75 Å². The van der Waals surface area contributed by atoms with Gasteiger partial charge in [0.1, 0.15) is 5.75 Å². The van der Waals surface area contributed by atoms with Gasteiger partial charge >= 0.3 is 0 Å². The Balaban J connectivity index is 1.47. The Morgan fingerprint density at radius 3 is 2.55 bits per heavy atom. The van der Waals surface area contributed by atoms with E-state index in [-0.39, 0.29) is 11.6 Å². The van der Waals surface area contributed by atoms with Gasteiger partial charge in [-0.05, 0) is 36.4 Å². The number of sulfonamides is 1. The molecule has 0 spiro atoms. The minimum absolute atomic E-state index is 0.0363. The first kappa shape index (κ1) is 21.5. The van der Waals surface area contributed by atoms with Gasteiger partial charge in [-0.3, -0.25) is 4.72 Å². The molecule has 0 aliphatic rings. The zero-order chi connectivity index (χ0) is 20.5. The number of aromatic nitrogens is 2. The second-order valence-electron chi connectivity index (χ2n) is 5.90. The van der Waals surface area contributed by atoms with Gasteiger partial charge < -0.3 is 9.15 Å². The van der Waals surface area contributed by atoms with Gasteiger partial charge in [-0.1, -0.05) is 18.2 Å². The third-order valence-electron chi connectivity index (χ3n) is 3.68. The first-order valence-electron chi connectivity index (χ1n) is 8.80.